The molecule has 0 saturated heterocycles. The van der Waals surface area contributed by atoms with Gasteiger partial charge >= 0.3 is 0 Å². The Kier molecular flexibility index (Phi) is 10.3. The van der Waals surface area contributed by atoms with E-state index in [1.807, 2.05) is 44.2 Å². The summed E-state index contributed by atoms with van der Waals surface area (Å²) in [6.45, 7) is 4.00. The van der Waals surface area contributed by atoms with Gasteiger partial charge in [0, 0.05) is 47.3 Å². The Bertz CT molecular complexity index is 1920. The first-order valence-electron chi connectivity index (χ1n) is 14.7. The number of methoxy groups -OCH3 is 1. The largest absolute Gasteiger partial charge is 0.493 e. The number of ether oxygens (including phenoxy) is 3. The molecular formula is C36H32F2N4O5. The third-order valence-electron chi connectivity index (χ3n) is 6.79. The Labute approximate surface area is 270 Å². The molecule has 0 aliphatic carbocycles. The molecule has 5 aromatic rings. The van der Waals surface area contributed by atoms with Gasteiger partial charge in [-0.2, -0.15) is 0 Å². The van der Waals surface area contributed by atoms with Crippen molar-refractivity contribution < 1.29 is 32.6 Å². The molecule has 3 N–H and O–H groups in total. The van der Waals surface area contributed by atoms with Crippen molar-refractivity contribution in [3.8, 4) is 23.0 Å². The van der Waals surface area contributed by atoms with Crippen LogP contribution in [0, 0.1) is 11.6 Å². The van der Waals surface area contributed by atoms with Crippen LogP contribution in [-0.4, -0.2) is 29.9 Å². The number of pyridine rings is 1. The molecule has 1 aromatic heterocycles. The maximum Gasteiger partial charge on any atom is 0.262 e. The fraction of sp³-hybridized carbons (Fsp3) is 0.139. The molecule has 1 heterocycles. The maximum atomic E-state index is 15.3. The Morgan fingerprint density at radius 1 is 0.809 bits per heavy atom. The number of carbonyl (C=O) groups is 2. The number of hydrogen-bond donors (Lipinski definition) is 3. The summed E-state index contributed by atoms with van der Waals surface area (Å²) in [7, 11) is 1.52. The lowest BCUT2D eigenvalue weighted by molar-refractivity contribution is -0.118. The summed E-state index contributed by atoms with van der Waals surface area (Å²) < 4.78 is 46.1. The molecule has 240 valence electrons. The van der Waals surface area contributed by atoms with E-state index in [1.54, 1.807) is 18.2 Å². The number of fused-ring (bicyclic) bond motifs is 1. The van der Waals surface area contributed by atoms with E-state index in [0.717, 1.165) is 11.6 Å². The van der Waals surface area contributed by atoms with Crippen LogP contribution < -0.4 is 30.2 Å². The summed E-state index contributed by atoms with van der Waals surface area (Å²) in [5, 5.41) is 8.58. The highest BCUT2D eigenvalue weighted by molar-refractivity contribution is 6.26. The summed E-state index contributed by atoms with van der Waals surface area (Å²) in [5.74, 6) is -1.61. The number of hydrogen-bond acceptors (Lipinski definition) is 7. The summed E-state index contributed by atoms with van der Waals surface area (Å²) in [5.41, 5.74) is 1.65. The minimum absolute atomic E-state index is 0.0806. The van der Waals surface area contributed by atoms with Crippen LogP contribution in [0.15, 0.2) is 109 Å². The van der Waals surface area contributed by atoms with Crippen LogP contribution >= 0.6 is 0 Å². The molecule has 0 aliphatic rings. The van der Waals surface area contributed by atoms with Crippen molar-refractivity contribution in [2.24, 2.45) is 0 Å². The van der Waals surface area contributed by atoms with Crippen LogP contribution in [0.1, 0.15) is 19.4 Å². The number of halogens is 2. The van der Waals surface area contributed by atoms with Crippen LogP contribution in [0.5, 0.6) is 23.0 Å². The number of nitrogens with one attached hydrogen (secondary N) is 3. The lowest BCUT2D eigenvalue weighted by atomic mass is 10.1. The monoisotopic (exact) mass is 638 g/mol. The standard InChI is InChI=1S/C36H32F2N4O5/c1-22(2)40-20-28(35(43)41-25-11-9-24(37)10-12-25)36(44)42-26-13-14-32(29(38)17-26)47-31-15-16-39-30-19-34(33(45-3)18-27(30)31)46-21-23-7-5-4-6-8-23/h4-20,22,40H,21H2,1-3H3,(H,41,43)(H,42,44)/b28-20+. The molecule has 0 atom stereocenters. The highest BCUT2D eigenvalue weighted by Gasteiger charge is 2.20. The third kappa shape index (κ3) is 8.40. The molecule has 4 aromatic carbocycles. The summed E-state index contributed by atoms with van der Waals surface area (Å²) in [6, 6.07) is 23.6. The molecule has 9 nitrogen and oxygen atoms in total. The van der Waals surface area contributed by atoms with Crippen molar-refractivity contribution >= 4 is 34.1 Å². The molecule has 11 heteroatoms. The van der Waals surface area contributed by atoms with Crippen LogP contribution in [0.3, 0.4) is 0 Å². The molecule has 0 spiro atoms. The van der Waals surface area contributed by atoms with E-state index in [9.17, 15) is 14.0 Å². The molecule has 2 amide bonds. The predicted octanol–water partition coefficient (Wildman–Crippen LogP) is 7.35. The summed E-state index contributed by atoms with van der Waals surface area (Å²) >= 11 is 0. The van der Waals surface area contributed by atoms with Gasteiger partial charge in [0.2, 0.25) is 0 Å². The topological polar surface area (TPSA) is 111 Å². The number of anilines is 2. The van der Waals surface area contributed by atoms with E-state index < -0.39 is 23.4 Å². The van der Waals surface area contributed by atoms with Gasteiger partial charge in [0.15, 0.2) is 23.1 Å². The van der Waals surface area contributed by atoms with E-state index in [0.29, 0.717) is 40.4 Å². The van der Waals surface area contributed by atoms with Crippen molar-refractivity contribution in [1.29, 1.82) is 0 Å². The Balaban J connectivity index is 1.32. The van der Waals surface area contributed by atoms with E-state index >= 15 is 4.39 Å². The second-order valence-corrected chi connectivity index (χ2v) is 10.6. The first-order chi connectivity index (χ1) is 22.7. The van der Waals surface area contributed by atoms with E-state index in [2.05, 4.69) is 20.9 Å². The van der Waals surface area contributed by atoms with Gasteiger partial charge < -0.3 is 30.2 Å². The molecule has 47 heavy (non-hydrogen) atoms. The van der Waals surface area contributed by atoms with Gasteiger partial charge in [0.1, 0.15) is 23.7 Å². The minimum Gasteiger partial charge on any atom is -0.493 e. The third-order valence-corrected chi connectivity index (χ3v) is 6.79. The first-order valence-corrected chi connectivity index (χ1v) is 14.7. The molecule has 5 rings (SSSR count). The Morgan fingerprint density at radius 2 is 1.51 bits per heavy atom. The summed E-state index contributed by atoms with van der Waals surface area (Å²) in [4.78, 5) is 30.5. The van der Waals surface area contributed by atoms with Crippen molar-refractivity contribution in [3.63, 3.8) is 0 Å². The molecule has 0 unspecified atom stereocenters. The molecule has 0 saturated carbocycles. The quantitative estimate of drug-likeness (QED) is 0.0745. The minimum atomic E-state index is -0.789. The van der Waals surface area contributed by atoms with Crippen molar-refractivity contribution in [1.82, 2.24) is 10.3 Å². The Morgan fingerprint density at radius 3 is 2.19 bits per heavy atom. The number of benzene rings is 4. The molecule has 0 fully saturated rings. The predicted molar refractivity (Wildman–Crippen MR) is 176 cm³/mol. The number of amides is 2. The average molecular weight is 639 g/mol. The van der Waals surface area contributed by atoms with Gasteiger partial charge in [0.25, 0.3) is 11.8 Å². The van der Waals surface area contributed by atoms with Gasteiger partial charge in [-0.1, -0.05) is 30.3 Å². The highest BCUT2D eigenvalue weighted by Crippen LogP contribution is 2.38. The molecule has 0 aliphatic heterocycles. The van der Waals surface area contributed by atoms with E-state index in [1.165, 1.54) is 55.9 Å². The van der Waals surface area contributed by atoms with Crippen molar-refractivity contribution in [3.05, 3.63) is 126 Å². The zero-order chi connectivity index (χ0) is 33.3. The molecular weight excluding hydrogens is 606 g/mol. The van der Waals surface area contributed by atoms with Crippen LogP contribution in [0.25, 0.3) is 10.9 Å². The second-order valence-electron chi connectivity index (χ2n) is 10.6. The number of rotatable bonds is 12. The number of nitrogens with zero attached hydrogens (tertiary/aromatic N) is 1. The van der Waals surface area contributed by atoms with Crippen molar-refractivity contribution in [2.45, 2.75) is 26.5 Å². The normalized spacial score (nSPS) is 11.2. The zero-order valence-electron chi connectivity index (χ0n) is 25.8. The van der Waals surface area contributed by atoms with Crippen LogP contribution in [0.2, 0.25) is 0 Å². The van der Waals surface area contributed by atoms with Crippen LogP contribution in [-0.2, 0) is 16.2 Å². The lowest BCUT2D eigenvalue weighted by Crippen LogP contribution is -2.28. The van der Waals surface area contributed by atoms with E-state index in [-0.39, 0.29) is 23.1 Å². The first kappa shape index (κ1) is 32.4. The number of carbonyl (C=O) groups excluding carboxylic acids is 2. The van der Waals surface area contributed by atoms with Gasteiger partial charge in [0.05, 0.1) is 12.6 Å². The van der Waals surface area contributed by atoms with Gasteiger partial charge in [-0.3, -0.25) is 14.6 Å². The van der Waals surface area contributed by atoms with Gasteiger partial charge in [-0.25, -0.2) is 8.78 Å². The Hall–Kier alpha value is -5.97. The molecule has 0 bridgehead atoms. The molecule has 0 radical (unpaired) electrons. The zero-order valence-corrected chi connectivity index (χ0v) is 25.8. The fourth-order valence-electron chi connectivity index (χ4n) is 4.42. The van der Waals surface area contributed by atoms with Gasteiger partial charge in [-0.05, 0) is 67.9 Å². The van der Waals surface area contributed by atoms with E-state index in [4.69, 9.17) is 14.2 Å². The summed E-state index contributed by atoms with van der Waals surface area (Å²) in [6.07, 6.45) is 2.81. The number of aromatic nitrogens is 1. The SMILES string of the molecule is COc1cc2c(Oc3ccc(NC(=O)/C(=C/NC(C)C)C(=O)Nc4ccc(F)cc4)cc3F)ccnc2cc1OCc1ccccc1. The average Bonchev–Trinajstić information content (AvgIpc) is 3.06. The highest BCUT2D eigenvalue weighted by atomic mass is 19.1. The fourth-order valence-corrected chi connectivity index (χ4v) is 4.42. The lowest BCUT2D eigenvalue weighted by Gasteiger charge is -2.15. The smallest absolute Gasteiger partial charge is 0.262 e. The van der Waals surface area contributed by atoms with Crippen molar-refractivity contribution in [2.75, 3.05) is 17.7 Å². The second kappa shape index (κ2) is 14.9. The maximum absolute atomic E-state index is 15.3. The van der Waals surface area contributed by atoms with Gasteiger partial charge in [-0.15, -0.1) is 0 Å². The van der Waals surface area contributed by atoms with Crippen LogP contribution in [0.4, 0.5) is 20.2 Å².